The second-order valence-corrected chi connectivity index (χ2v) is 5.71. The first-order valence-electron chi connectivity index (χ1n) is 6.26. The summed E-state index contributed by atoms with van der Waals surface area (Å²) < 4.78 is 0.593. The maximum Gasteiger partial charge on any atom is 0.136 e. The number of hydrogen-bond acceptors (Lipinski definition) is 3. The van der Waals surface area contributed by atoms with Gasteiger partial charge in [0.2, 0.25) is 0 Å². The van der Waals surface area contributed by atoms with Crippen LogP contribution < -0.4 is 5.32 Å². The van der Waals surface area contributed by atoms with Crippen LogP contribution in [0.1, 0.15) is 24.9 Å². The van der Waals surface area contributed by atoms with Crippen molar-refractivity contribution >= 4 is 27.5 Å². The molecular formula is C13H18BrClN2O. The Labute approximate surface area is 121 Å². The number of phenolic OH excluding ortho intramolecular Hbond substituents is 1. The van der Waals surface area contributed by atoms with Crippen LogP contribution in [0.4, 0.5) is 0 Å². The Balaban J connectivity index is 2.29. The Morgan fingerprint density at radius 2 is 2.11 bits per heavy atom. The standard InChI is InChI=1S/C13H18BrClN2O/c1-2-11(17-7-5-16-6-8-17)9-3-4-10(15)12(14)13(9)18/h3-4,11,16,18H,2,5-8H2,1H3/t11-/m0/s1. The van der Waals surface area contributed by atoms with E-state index in [-0.39, 0.29) is 11.8 Å². The van der Waals surface area contributed by atoms with Crippen LogP contribution in [0.25, 0.3) is 0 Å². The van der Waals surface area contributed by atoms with Crippen LogP contribution in [0.2, 0.25) is 5.02 Å². The second kappa shape index (κ2) is 6.24. The molecule has 1 aliphatic rings. The molecule has 1 aromatic rings. The molecule has 0 amide bonds. The molecule has 2 rings (SSSR count). The molecule has 1 fully saturated rings. The number of phenols is 1. The first kappa shape index (κ1) is 14.1. The van der Waals surface area contributed by atoms with Gasteiger partial charge in [-0.25, -0.2) is 0 Å². The molecule has 18 heavy (non-hydrogen) atoms. The van der Waals surface area contributed by atoms with E-state index in [1.807, 2.05) is 12.1 Å². The average Bonchev–Trinajstić information content (AvgIpc) is 2.41. The predicted octanol–water partition coefficient (Wildman–Crippen LogP) is 3.16. The highest BCUT2D eigenvalue weighted by molar-refractivity contribution is 9.10. The SMILES string of the molecule is CC[C@@H](c1ccc(Cl)c(Br)c1O)N1CCNCC1. The molecule has 0 bridgehead atoms. The molecule has 1 heterocycles. The molecule has 0 radical (unpaired) electrons. The van der Waals surface area contributed by atoms with Crippen molar-refractivity contribution in [3.8, 4) is 5.75 Å². The normalized spacial score (nSPS) is 18.8. The molecule has 0 spiro atoms. The third kappa shape index (κ3) is 2.82. The van der Waals surface area contributed by atoms with E-state index >= 15 is 0 Å². The molecular weight excluding hydrogens is 316 g/mol. The van der Waals surface area contributed by atoms with Gasteiger partial charge in [0.05, 0.1) is 9.50 Å². The van der Waals surface area contributed by atoms with E-state index in [4.69, 9.17) is 11.6 Å². The Hall–Kier alpha value is -0.290. The fourth-order valence-electron chi connectivity index (χ4n) is 2.49. The van der Waals surface area contributed by atoms with Crippen LogP contribution in [0.3, 0.4) is 0 Å². The summed E-state index contributed by atoms with van der Waals surface area (Å²) in [6.07, 6.45) is 0.974. The van der Waals surface area contributed by atoms with Crippen molar-refractivity contribution < 1.29 is 5.11 Å². The van der Waals surface area contributed by atoms with Crippen molar-refractivity contribution in [3.63, 3.8) is 0 Å². The highest BCUT2D eigenvalue weighted by Crippen LogP contribution is 2.39. The molecule has 100 valence electrons. The van der Waals surface area contributed by atoms with Crippen LogP contribution >= 0.6 is 27.5 Å². The summed E-state index contributed by atoms with van der Waals surface area (Å²) in [4.78, 5) is 2.41. The molecule has 1 atom stereocenters. The van der Waals surface area contributed by atoms with Gasteiger partial charge in [-0.3, -0.25) is 4.90 Å². The molecule has 1 aromatic carbocycles. The molecule has 0 aromatic heterocycles. The monoisotopic (exact) mass is 332 g/mol. The minimum Gasteiger partial charge on any atom is -0.506 e. The predicted molar refractivity (Wildman–Crippen MR) is 78.3 cm³/mol. The Morgan fingerprint density at radius 3 is 2.72 bits per heavy atom. The first-order valence-corrected chi connectivity index (χ1v) is 7.44. The third-order valence-corrected chi connectivity index (χ3v) is 4.78. The summed E-state index contributed by atoms with van der Waals surface area (Å²) >= 11 is 9.33. The molecule has 1 aliphatic heterocycles. The lowest BCUT2D eigenvalue weighted by atomic mass is 10.0. The number of piperazine rings is 1. The van der Waals surface area contributed by atoms with Crippen molar-refractivity contribution in [1.82, 2.24) is 10.2 Å². The lowest BCUT2D eigenvalue weighted by Crippen LogP contribution is -2.45. The fourth-order valence-corrected chi connectivity index (χ4v) is 3.01. The van der Waals surface area contributed by atoms with Crippen molar-refractivity contribution in [1.29, 1.82) is 0 Å². The van der Waals surface area contributed by atoms with Gasteiger partial charge in [0.1, 0.15) is 5.75 Å². The molecule has 0 unspecified atom stereocenters. The zero-order valence-corrected chi connectivity index (χ0v) is 12.8. The fraction of sp³-hybridized carbons (Fsp3) is 0.538. The third-order valence-electron chi connectivity index (χ3n) is 3.44. The lowest BCUT2D eigenvalue weighted by molar-refractivity contribution is 0.167. The van der Waals surface area contributed by atoms with Gasteiger partial charge in [0.25, 0.3) is 0 Å². The Bertz CT molecular complexity index is 422. The minimum absolute atomic E-state index is 0.251. The van der Waals surface area contributed by atoms with E-state index < -0.39 is 0 Å². The smallest absolute Gasteiger partial charge is 0.136 e. The Morgan fingerprint density at radius 1 is 1.44 bits per heavy atom. The van der Waals surface area contributed by atoms with Crippen LogP contribution in [-0.2, 0) is 0 Å². The molecule has 2 N–H and O–H groups in total. The maximum absolute atomic E-state index is 10.2. The summed E-state index contributed by atoms with van der Waals surface area (Å²) in [7, 11) is 0. The first-order chi connectivity index (χ1) is 8.65. The van der Waals surface area contributed by atoms with E-state index in [1.165, 1.54) is 0 Å². The molecule has 3 nitrogen and oxygen atoms in total. The summed E-state index contributed by atoms with van der Waals surface area (Å²) in [5.74, 6) is 0.271. The number of hydrogen-bond donors (Lipinski definition) is 2. The van der Waals surface area contributed by atoms with E-state index in [9.17, 15) is 5.11 Å². The number of aromatic hydroxyl groups is 1. The highest BCUT2D eigenvalue weighted by atomic mass is 79.9. The Kier molecular flexibility index (Phi) is 4.90. The van der Waals surface area contributed by atoms with Gasteiger partial charge in [0.15, 0.2) is 0 Å². The number of benzene rings is 1. The number of halogens is 2. The van der Waals surface area contributed by atoms with Gasteiger partial charge < -0.3 is 10.4 Å². The molecule has 0 saturated carbocycles. The largest absolute Gasteiger partial charge is 0.506 e. The molecule has 5 heteroatoms. The quantitative estimate of drug-likeness (QED) is 0.892. The zero-order valence-electron chi connectivity index (χ0n) is 10.4. The topological polar surface area (TPSA) is 35.5 Å². The van der Waals surface area contributed by atoms with Gasteiger partial charge in [0, 0.05) is 37.8 Å². The summed E-state index contributed by atoms with van der Waals surface area (Å²) in [6.45, 7) is 6.18. The number of rotatable bonds is 3. The van der Waals surface area contributed by atoms with E-state index in [1.54, 1.807) is 0 Å². The van der Waals surface area contributed by atoms with E-state index in [0.29, 0.717) is 9.50 Å². The number of nitrogens with one attached hydrogen (secondary N) is 1. The van der Waals surface area contributed by atoms with Gasteiger partial charge in [-0.05, 0) is 28.4 Å². The van der Waals surface area contributed by atoms with Gasteiger partial charge in [-0.15, -0.1) is 0 Å². The summed E-state index contributed by atoms with van der Waals surface area (Å²) in [5, 5.41) is 14.1. The lowest BCUT2D eigenvalue weighted by Gasteiger charge is -2.35. The van der Waals surface area contributed by atoms with Crippen LogP contribution in [0.15, 0.2) is 16.6 Å². The van der Waals surface area contributed by atoms with E-state index in [0.717, 1.165) is 38.2 Å². The number of nitrogens with zero attached hydrogens (tertiary/aromatic N) is 1. The zero-order chi connectivity index (χ0) is 13.1. The average molecular weight is 334 g/mol. The minimum atomic E-state index is 0.251. The van der Waals surface area contributed by atoms with Crippen molar-refractivity contribution in [2.75, 3.05) is 26.2 Å². The molecule has 1 saturated heterocycles. The van der Waals surface area contributed by atoms with Crippen molar-refractivity contribution in [3.05, 3.63) is 27.2 Å². The summed E-state index contributed by atoms with van der Waals surface area (Å²) in [5.41, 5.74) is 0.954. The highest BCUT2D eigenvalue weighted by Gasteiger charge is 2.24. The van der Waals surface area contributed by atoms with Crippen LogP contribution in [-0.4, -0.2) is 36.2 Å². The second-order valence-electron chi connectivity index (χ2n) is 4.51. The van der Waals surface area contributed by atoms with Crippen molar-refractivity contribution in [2.45, 2.75) is 19.4 Å². The summed E-state index contributed by atoms with van der Waals surface area (Å²) in [6, 6.07) is 4.02. The van der Waals surface area contributed by atoms with Gasteiger partial charge >= 0.3 is 0 Å². The van der Waals surface area contributed by atoms with Gasteiger partial charge in [-0.1, -0.05) is 24.6 Å². The van der Waals surface area contributed by atoms with Crippen molar-refractivity contribution in [2.24, 2.45) is 0 Å². The van der Waals surface area contributed by atoms with Crippen LogP contribution in [0.5, 0.6) is 5.75 Å². The molecule has 0 aliphatic carbocycles. The van der Waals surface area contributed by atoms with E-state index in [2.05, 4.69) is 33.1 Å². The van der Waals surface area contributed by atoms with Crippen LogP contribution in [0, 0.1) is 0 Å². The van der Waals surface area contributed by atoms with Gasteiger partial charge in [-0.2, -0.15) is 0 Å². The maximum atomic E-state index is 10.2.